The molecular weight excluding hydrogens is 406 g/mol. The van der Waals surface area contributed by atoms with Crippen LogP contribution in [0.3, 0.4) is 0 Å². The van der Waals surface area contributed by atoms with Crippen LogP contribution in [0.5, 0.6) is 0 Å². The van der Waals surface area contributed by atoms with Crippen LogP contribution in [0.25, 0.3) is 0 Å². The molecule has 0 N–H and O–H groups in total. The number of nitrogens with zero attached hydrogens (tertiary/aromatic N) is 1. The molecule has 0 bridgehead atoms. The van der Waals surface area contributed by atoms with Crippen molar-refractivity contribution in [3.8, 4) is 0 Å². The number of hydrogen-bond donors (Lipinski definition) is 0. The first-order valence-corrected chi connectivity index (χ1v) is 15.4. The van der Waals surface area contributed by atoms with Gasteiger partial charge in [0.25, 0.3) is 0 Å². The third kappa shape index (κ3) is 4.10. The van der Waals surface area contributed by atoms with Crippen molar-refractivity contribution in [3.05, 3.63) is 42.5 Å². The van der Waals surface area contributed by atoms with E-state index in [1.807, 2.05) is 23.4 Å². The van der Waals surface area contributed by atoms with Crippen LogP contribution >= 0.6 is 0 Å². The standard InChI is InChI=1S/C25H43NO2SSi/c1-9-19-26(29(27,28)24-15-13-23(8)14-16-24)25(17-11-10-12-18-25)30(20(2)3,21(4)5)22(6)7/h9,13-16,20-22H,1,10-12,17-19H2,2-8H3. The molecule has 0 heterocycles. The average molecular weight is 450 g/mol. The molecule has 1 aromatic carbocycles. The minimum atomic E-state index is -3.62. The van der Waals surface area contributed by atoms with Gasteiger partial charge < -0.3 is 0 Å². The molecule has 1 aromatic rings. The summed E-state index contributed by atoms with van der Waals surface area (Å²) in [5.74, 6) is 0. The number of sulfonamides is 1. The summed E-state index contributed by atoms with van der Waals surface area (Å²) in [6.45, 7) is 20.5. The highest BCUT2D eigenvalue weighted by Gasteiger charge is 2.62. The fraction of sp³-hybridized carbons (Fsp3) is 0.680. The van der Waals surface area contributed by atoms with Crippen LogP contribution < -0.4 is 0 Å². The Morgan fingerprint density at radius 3 is 1.83 bits per heavy atom. The lowest BCUT2D eigenvalue weighted by atomic mass is 9.94. The fourth-order valence-electron chi connectivity index (χ4n) is 7.10. The molecule has 0 atom stereocenters. The SMILES string of the molecule is C=CCN(C1([Si](C(C)C)(C(C)C)C(C)C)CCCCC1)S(=O)(=O)c1ccc(C)cc1. The maximum absolute atomic E-state index is 14.2. The van der Waals surface area contributed by atoms with E-state index in [4.69, 9.17) is 0 Å². The molecule has 0 saturated heterocycles. The van der Waals surface area contributed by atoms with Gasteiger partial charge in [-0.3, -0.25) is 0 Å². The average Bonchev–Trinajstić information content (AvgIpc) is 2.66. The molecule has 0 unspecified atom stereocenters. The minimum Gasteiger partial charge on any atom is -0.207 e. The van der Waals surface area contributed by atoms with Gasteiger partial charge in [-0.2, -0.15) is 4.31 Å². The summed E-state index contributed by atoms with van der Waals surface area (Å²) in [4.78, 5) is 0.416. The zero-order valence-electron chi connectivity index (χ0n) is 20.2. The molecule has 1 aliphatic carbocycles. The summed E-state index contributed by atoms with van der Waals surface area (Å²) < 4.78 is 30.2. The van der Waals surface area contributed by atoms with E-state index in [1.165, 1.54) is 6.42 Å². The minimum absolute atomic E-state index is 0.278. The van der Waals surface area contributed by atoms with Crippen LogP contribution in [0.15, 0.2) is 41.8 Å². The Bertz CT molecular complexity index is 784. The van der Waals surface area contributed by atoms with Crippen LogP contribution in [0.2, 0.25) is 16.6 Å². The van der Waals surface area contributed by atoms with Crippen molar-refractivity contribution in [2.75, 3.05) is 6.54 Å². The third-order valence-electron chi connectivity index (χ3n) is 7.73. The molecule has 5 heteroatoms. The Labute approximate surface area is 187 Å². The van der Waals surface area contributed by atoms with Crippen molar-refractivity contribution in [1.29, 1.82) is 0 Å². The van der Waals surface area contributed by atoms with Crippen molar-refractivity contribution in [3.63, 3.8) is 0 Å². The van der Waals surface area contributed by atoms with Gasteiger partial charge in [-0.1, -0.05) is 84.6 Å². The van der Waals surface area contributed by atoms with Gasteiger partial charge in [0.2, 0.25) is 10.0 Å². The predicted molar refractivity (Wildman–Crippen MR) is 132 cm³/mol. The quantitative estimate of drug-likeness (QED) is 0.298. The first-order valence-electron chi connectivity index (χ1n) is 11.7. The molecule has 30 heavy (non-hydrogen) atoms. The van der Waals surface area contributed by atoms with Gasteiger partial charge in [0.05, 0.1) is 13.0 Å². The monoisotopic (exact) mass is 449 g/mol. The molecular formula is C25H43NO2SSi. The first-order chi connectivity index (χ1) is 14.0. The van der Waals surface area contributed by atoms with Crippen LogP contribution in [-0.4, -0.2) is 32.5 Å². The maximum Gasteiger partial charge on any atom is 0.243 e. The van der Waals surface area contributed by atoms with Crippen LogP contribution in [0.4, 0.5) is 0 Å². The molecule has 1 saturated carbocycles. The predicted octanol–water partition coefficient (Wildman–Crippen LogP) is 7.09. The largest absolute Gasteiger partial charge is 0.243 e. The second-order valence-corrected chi connectivity index (χ2v) is 18.3. The van der Waals surface area contributed by atoms with E-state index in [2.05, 4.69) is 48.1 Å². The smallest absolute Gasteiger partial charge is 0.207 e. The zero-order valence-corrected chi connectivity index (χ0v) is 22.1. The topological polar surface area (TPSA) is 37.4 Å². The van der Waals surface area contributed by atoms with Crippen molar-refractivity contribution < 1.29 is 8.42 Å². The summed E-state index contributed by atoms with van der Waals surface area (Å²) in [6.07, 6.45) is 7.17. The van der Waals surface area contributed by atoms with Gasteiger partial charge in [-0.05, 0) is 48.5 Å². The highest BCUT2D eigenvalue weighted by atomic mass is 32.2. The molecule has 3 nitrogen and oxygen atoms in total. The first kappa shape index (κ1) is 25.3. The number of aryl methyl sites for hydroxylation is 1. The Balaban J connectivity index is 2.83. The van der Waals surface area contributed by atoms with E-state index in [-0.39, 0.29) is 5.16 Å². The molecule has 0 aromatic heterocycles. The van der Waals surface area contributed by atoms with E-state index < -0.39 is 18.1 Å². The van der Waals surface area contributed by atoms with Crippen molar-refractivity contribution in [2.24, 2.45) is 0 Å². The van der Waals surface area contributed by atoms with Crippen molar-refractivity contribution in [1.82, 2.24) is 4.31 Å². The van der Waals surface area contributed by atoms with Gasteiger partial charge in [0, 0.05) is 11.7 Å². The maximum atomic E-state index is 14.2. The summed E-state index contributed by atoms with van der Waals surface area (Å²) in [5, 5.41) is -0.278. The van der Waals surface area contributed by atoms with Crippen molar-refractivity contribution >= 4 is 18.1 Å². The highest BCUT2D eigenvalue weighted by molar-refractivity contribution is 7.89. The number of benzene rings is 1. The Morgan fingerprint density at radius 2 is 1.43 bits per heavy atom. The fourth-order valence-corrected chi connectivity index (χ4v) is 18.6. The second kappa shape index (κ2) is 9.70. The Morgan fingerprint density at radius 1 is 0.967 bits per heavy atom. The lowest BCUT2D eigenvalue weighted by molar-refractivity contribution is 0.203. The lowest BCUT2D eigenvalue weighted by Crippen LogP contribution is -2.73. The number of hydrogen-bond acceptors (Lipinski definition) is 2. The normalized spacial score (nSPS) is 17.8. The van der Waals surface area contributed by atoms with E-state index in [0.29, 0.717) is 28.1 Å². The Kier molecular flexibility index (Phi) is 8.20. The highest BCUT2D eigenvalue weighted by Crippen LogP contribution is 2.56. The van der Waals surface area contributed by atoms with Gasteiger partial charge in [0.15, 0.2) is 0 Å². The molecule has 170 valence electrons. The summed E-state index contributed by atoms with van der Waals surface area (Å²) >= 11 is 0. The molecule has 1 aliphatic rings. The van der Waals surface area contributed by atoms with Gasteiger partial charge in [-0.25, -0.2) is 8.42 Å². The molecule has 2 rings (SSSR count). The summed E-state index contributed by atoms with van der Waals surface area (Å²) in [7, 11) is -5.76. The Hall–Kier alpha value is -0.913. The molecule has 0 amide bonds. The van der Waals surface area contributed by atoms with Crippen LogP contribution in [0.1, 0.15) is 79.2 Å². The van der Waals surface area contributed by atoms with E-state index in [9.17, 15) is 8.42 Å². The summed E-state index contributed by atoms with van der Waals surface area (Å²) in [6, 6.07) is 7.37. The van der Waals surface area contributed by atoms with E-state index in [0.717, 1.165) is 31.2 Å². The lowest BCUT2D eigenvalue weighted by Gasteiger charge is -2.62. The van der Waals surface area contributed by atoms with E-state index >= 15 is 0 Å². The zero-order chi connectivity index (χ0) is 22.7. The van der Waals surface area contributed by atoms with Gasteiger partial charge >= 0.3 is 0 Å². The second-order valence-electron chi connectivity index (χ2n) is 10.1. The number of rotatable bonds is 9. The third-order valence-corrected chi connectivity index (χ3v) is 18.0. The molecule has 0 radical (unpaired) electrons. The van der Waals surface area contributed by atoms with E-state index in [1.54, 1.807) is 18.2 Å². The van der Waals surface area contributed by atoms with Crippen LogP contribution in [0, 0.1) is 6.92 Å². The summed E-state index contributed by atoms with van der Waals surface area (Å²) in [5.41, 5.74) is 2.57. The van der Waals surface area contributed by atoms with Crippen LogP contribution in [-0.2, 0) is 10.0 Å². The molecule has 1 fully saturated rings. The van der Waals surface area contributed by atoms with Gasteiger partial charge in [-0.15, -0.1) is 6.58 Å². The van der Waals surface area contributed by atoms with Crippen molar-refractivity contribution in [2.45, 2.75) is 107 Å². The van der Waals surface area contributed by atoms with Gasteiger partial charge in [0.1, 0.15) is 0 Å². The molecule has 0 aliphatic heterocycles. The molecule has 0 spiro atoms.